The third-order valence-corrected chi connectivity index (χ3v) is 2.49. The molecular formula is C12H26N4O2. The van der Waals surface area contributed by atoms with Gasteiger partial charge in [0, 0.05) is 25.9 Å². The number of carbonyl (C=O) groups excluding carboxylic acids is 2. The summed E-state index contributed by atoms with van der Waals surface area (Å²) in [5.41, 5.74) is 10.7. The van der Waals surface area contributed by atoms with Gasteiger partial charge < -0.3 is 22.1 Å². The van der Waals surface area contributed by atoms with Crippen molar-refractivity contribution in [1.29, 1.82) is 0 Å². The van der Waals surface area contributed by atoms with Crippen LogP contribution in [0.15, 0.2) is 0 Å². The van der Waals surface area contributed by atoms with E-state index < -0.39 is 0 Å². The van der Waals surface area contributed by atoms with Crippen LogP contribution in [0.5, 0.6) is 0 Å². The van der Waals surface area contributed by atoms with E-state index in [0.29, 0.717) is 26.2 Å². The fraction of sp³-hybridized carbons (Fsp3) is 0.833. The number of amides is 2. The molecule has 0 unspecified atom stereocenters. The molecule has 6 nitrogen and oxygen atoms in total. The summed E-state index contributed by atoms with van der Waals surface area (Å²) in [6.45, 7) is 2.55. The summed E-state index contributed by atoms with van der Waals surface area (Å²) in [4.78, 5) is 22.7. The average Bonchev–Trinajstić information content (AvgIpc) is 2.37. The van der Waals surface area contributed by atoms with Crippen molar-refractivity contribution >= 4 is 11.8 Å². The molecule has 0 aromatic carbocycles. The first kappa shape index (κ1) is 16.9. The highest BCUT2D eigenvalue weighted by molar-refractivity contribution is 5.83. The second-order valence-electron chi connectivity index (χ2n) is 4.19. The van der Waals surface area contributed by atoms with Crippen LogP contribution in [0.2, 0.25) is 0 Å². The first-order valence-corrected chi connectivity index (χ1v) is 6.64. The molecule has 2 amide bonds. The monoisotopic (exact) mass is 258 g/mol. The lowest BCUT2D eigenvalue weighted by molar-refractivity contribution is -0.126. The number of hydrogen-bond donors (Lipinski definition) is 4. The van der Waals surface area contributed by atoms with Gasteiger partial charge in [0.15, 0.2) is 0 Å². The smallest absolute Gasteiger partial charge is 0.220 e. The van der Waals surface area contributed by atoms with Crippen LogP contribution in [0.3, 0.4) is 0 Å². The Morgan fingerprint density at radius 1 is 0.722 bits per heavy atom. The zero-order chi connectivity index (χ0) is 13.6. The van der Waals surface area contributed by atoms with Crippen LogP contribution >= 0.6 is 0 Å². The van der Waals surface area contributed by atoms with Crippen molar-refractivity contribution in [3.63, 3.8) is 0 Å². The molecule has 0 aliphatic rings. The van der Waals surface area contributed by atoms with Gasteiger partial charge in [0.1, 0.15) is 0 Å². The normalized spacial score (nSPS) is 10.1. The zero-order valence-electron chi connectivity index (χ0n) is 11.0. The summed E-state index contributed by atoms with van der Waals surface area (Å²) in [6, 6.07) is 0. The van der Waals surface area contributed by atoms with Gasteiger partial charge in [-0.2, -0.15) is 0 Å². The molecule has 0 atom stereocenters. The van der Waals surface area contributed by atoms with E-state index in [-0.39, 0.29) is 24.7 Å². The highest BCUT2D eigenvalue weighted by atomic mass is 16.2. The van der Waals surface area contributed by atoms with Crippen molar-refractivity contribution in [3.05, 3.63) is 0 Å². The minimum Gasteiger partial charge on any atom is -0.356 e. The van der Waals surface area contributed by atoms with Gasteiger partial charge in [-0.1, -0.05) is 0 Å². The summed E-state index contributed by atoms with van der Waals surface area (Å²) in [5, 5.41) is 5.52. The van der Waals surface area contributed by atoms with E-state index in [1.165, 1.54) is 0 Å². The standard InChI is InChI=1S/C12H26N4O2/c13-7-1-3-9-15-11(17)5-6-12(18)16-10-4-2-8-14/h1-10,13-14H2,(H,15,17)(H,16,18). The molecular weight excluding hydrogens is 232 g/mol. The van der Waals surface area contributed by atoms with Crippen LogP contribution in [0.1, 0.15) is 38.5 Å². The van der Waals surface area contributed by atoms with Crippen molar-refractivity contribution in [2.75, 3.05) is 26.2 Å². The quantitative estimate of drug-likeness (QED) is 0.374. The van der Waals surface area contributed by atoms with Gasteiger partial charge in [0.25, 0.3) is 0 Å². The van der Waals surface area contributed by atoms with E-state index in [9.17, 15) is 9.59 Å². The van der Waals surface area contributed by atoms with Crippen molar-refractivity contribution in [2.45, 2.75) is 38.5 Å². The predicted molar refractivity (Wildman–Crippen MR) is 71.8 cm³/mol. The highest BCUT2D eigenvalue weighted by Crippen LogP contribution is 1.91. The molecule has 0 saturated heterocycles. The van der Waals surface area contributed by atoms with Crippen LogP contribution in [0, 0.1) is 0 Å². The highest BCUT2D eigenvalue weighted by Gasteiger charge is 2.05. The van der Waals surface area contributed by atoms with Crippen molar-refractivity contribution < 1.29 is 9.59 Å². The average molecular weight is 258 g/mol. The van der Waals surface area contributed by atoms with Crippen LogP contribution in [0.25, 0.3) is 0 Å². The SMILES string of the molecule is NCCCCNC(=O)CCC(=O)NCCCCN. The molecule has 0 heterocycles. The van der Waals surface area contributed by atoms with Crippen molar-refractivity contribution in [2.24, 2.45) is 11.5 Å². The molecule has 6 N–H and O–H groups in total. The van der Waals surface area contributed by atoms with Crippen molar-refractivity contribution in [3.8, 4) is 0 Å². The number of nitrogens with one attached hydrogen (secondary N) is 2. The molecule has 0 aliphatic carbocycles. The fourth-order valence-corrected chi connectivity index (χ4v) is 1.40. The van der Waals surface area contributed by atoms with Gasteiger partial charge in [-0.05, 0) is 38.8 Å². The van der Waals surface area contributed by atoms with Gasteiger partial charge in [-0.3, -0.25) is 9.59 Å². The van der Waals surface area contributed by atoms with E-state index in [2.05, 4.69) is 10.6 Å². The molecule has 6 heteroatoms. The van der Waals surface area contributed by atoms with Crippen LogP contribution in [-0.2, 0) is 9.59 Å². The van der Waals surface area contributed by atoms with Crippen LogP contribution < -0.4 is 22.1 Å². The maximum atomic E-state index is 11.3. The molecule has 0 bridgehead atoms. The second-order valence-corrected chi connectivity index (χ2v) is 4.19. The lowest BCUT2D eigenvalue weighted by Gasteiger charge is -2.06. The van der Waals surface area contributed by atoms with E-state index in [4.69, 9.17) is 11.5 Å². The minimum absolute atomic E-state index is 0.0795. The number of unbranched alkanes of at least 4 members (excludes halogenated alkanes) is 2. The maximum Gasteiger partial charge on any atom is 0.220 e. The van der Waals surface area contributed by atoms with Gasteiger partial charge in [0.05, 0.1) is 0 Å². The number of carbonyl (C=O) groups is 2. The molecule has 0 rings (SSSR count). The van der Waals surface area contributed by atoms with Gasteiger partial charge in [-0.25, -0.2) is 0 Å². The third-order valence-electron chi connectivity index (χ3n) is 2.49. The van der Waals surface area contributed by atoms with Crippen LogP contribution in [-0.4, -0.2) is 38.0 Å². The van der Waals surface area contributed by atoms with E-state index in [1.54, 1.807) is 0 Å². The molecule has 0 radical (unpaired) electrons. The Kier molecular flexibility index (Phi) is 11.5. The summed E-state index contributed by atoms with van der Waals surface area (Å²) in [6.07, 6.45) is 4.06. The molecule has 0 aromatic heterocycles. The van der Waals surface area contributed by atoms with Gasteiger partial charge in [-0.15, -0.1) is 0 Å². The molecule has 18 heavy (non-hydrogen) atoms. The third kappa shape index (κ3) is 11.3. The molecule has 0 aliphatic heterocycles. The summed E-state index contributed by atoms with van der Waals surface area (Å²) < 4.78 is 0. The lowest BCUT2D eigenvalue weighted by atomic mass is 10.2. The number of nitrogens with two attached hydrogens (primary N) is 2. The van der Waals surface area contributed by atoms with Crippen molar-refractivity contribution in [1.82, 2.24) is 10.6 Å². The Labute approximate surface area is 109 Å². The molecule has 0 fully saturated rings. The first-order chi connectivity index (χ1) is 8.70. The summed E-state index contributed by atoms with van der Waals surface area (Å²) in [7, 11) is 0. The Hall–Kier alpha value is -1.14. The molecule has 0 saturated carbocycles. The fourth-order valence-electron chi connectivity index (χ4n) is 1.40. The van der Waals surface area contributed by atoms with E-state index in [0.717, 1.165) is 25.7 Å². The molecule has 106 valence electrons. The Morgan fingerprint density at radius 3 is 1.44 bits per heavy atom. The van der Waals surface area contributed by atoms with Crippen LogP contribution in [0.4, 0.5) is 0 Å². The topological polar surface area (TPSA) is 110 Å². The largest absolute Gasteiger partial charge is 0.356 e. The lowest BCUT2D eigenvalue weighted by Crippen LogP contribution is -2.29. The summed E-state index contributed by atoms with van der Waals surface area (Å²) >= 11 is 0. The Balaban J connectivity index is 3.39. The van der Waals surface area contributed by atoms with E-state index >= 15 is 0 Å². The predicted octanol–water partition coefficient (Wildman–Crippen LogP) is -0.523. The molecule has 0 spiro atoms. The summed E-state index contributed by atoms with van der Waals surface area (Å²) in [5.74, 6) is -0.159. The second kappa shape index (κ2) is 12.3. The first-order valence-electron chi connectivity index (χ1n) is 6.64. The number of hydrogen-bond acceptors (Lipinski definition) is 4. The maximum absolute atomic E-state index is 11.3. The number of rotatable bonds is 11. The zero-order valence-corrected chi connectivity index (χ0v) is 11.0. The van der Waals surface area contributed by atoms with Gasteiger partial charge in [0.2, 0.25) is 11.8 Å². The Bertz CT molecular complexity index is 210. The minimum atomic E-state index is -0.0795. The Morgan fingerprint density at radius 2 is 1.11 bits per heavy atom. The van der Waals surface area contributed by atoms with E-state index in [1.807, 2.05) is 0 Å². The van der Waals surface area contributed by atoms with Gasteiger partial charge >= 0.3 is 0 Å². The molecule has 0 aromatic rings.